The molecule has 1 amide bonds. The molecule has 2 heterocycles. The first kappa shape index (κ1) is 17.0. The Morgan fingerprint density at radius 2 is 2.04 bits per heavy atom. The fourth-order valence-corrected chi connectivity index (χ4v) is 3.05. The van der Waals surface area contributed by atoms with Crippen LogP contribution in [0.4, 0.5) is 4.39 Å². The Hall–Kier alpha value is -2.80. The summed E-state index contributed by atoms with van der Waals surface area (Å²) in [5, 5.41) is 8.95. The number of aromatic nitrogens is 2. The van der Waals surface area contributed by atoms with E-state index in [4.69, 9.17) is 0 Å². The lowest BCUT2D eigenvalue weighted by Crippen LogP contribution is -2.35. The molecule has 3 rings (SSSR count). The number of thiophene rings is 1. The molecular formula is C18H16FN3O2S. The highest BCUT2D eigenvalue weighted by Gasteiger charge is 2.14. The molecule has 0 saturated heterocycles. The van der Waals surface area contributed by atoms with Gasteiger partial charge >= 0.3 is 0 Å². The van der Waals surface area contributed by atoms with Gasteiger partial charge in [-0.05, 0) is 36.6 Å². The van der Waals surface area contributed by atoms with Gasteiger partial charge in [-0.2, -0.15) is 5.10 Å². The third-order valence-corrected chi connectivity index (χ3v) is 4.59. The molecule has 1 N–H and O–H groups in total. The maximum atomic E-state index is 13.6. The van der Waals surface area contributed by atoms with Crippen molar-refractivity contribution in [2.75, 3.05) is 6.54 Å². The molecule has 0 saturated carbocycles. The number of amides is 1. The molecule has 2 aromatic heterocycles. The second kappa shape index (κ2) is 7.40. The van der Waals surface area contributed by atoms with Crippen LogP contribution in [-0.4, -0.2) is 22.2 Å². The quantitative estimate of drug-likeness (QED) is 0.763. The summed E-state index contributed by atoms with van der Waals surface area (Å²) >= 11 is 1.53. The van der Waals surface area contributed by atoms with E-state index in [1.165, 1.54) is 40.3 Å². The molecule has 7 heteroatoms. The van der Waals surface area contributed by atoms with Crippen LogP contribution in [0.1, 0.15) is 23.3 Å². The van der Waals surface area contributed by atoms with Crippen molar-refractivity contribution in [1.29, 1.82) is 0 Å². The number of nitrogens with zero attached hydrogens (tertiary/aromatic N) is 2. The normalized spacial score (nSPS) is 11.9. The van der Waals surface area contributed by atoms with Gasteiger partial charge in [0.25, 0.3) is 11.5 Å². The lowest BCUT2D eigenvalue weighted by Gasteiger charge is -2.15. The minimum atomic E-state index is -0.581. The third-order valence-electron chi connectivity index (χ3n) is 3.69. The Morgan fingerprint density at radius 3 is 2.76 bits per heavy atom. The van der Waals surface area contributed by atoms with Crippen molar-refractivity contribution in [2.24, 2.45) is 0 Å². The van der Waals surface area contributed by atoms with Crippen LogP contribution in [0.3, 0.4) is 0 Å². The topological polar surface area (TPSA) is 64.0 Å². The molecule has 5 nitrogen and oxygen atoms in total. The van der Waals surface area contributed by atoms with Crippen LogP contribution in [0.5, 0.6) is 0 Å². The summed E-state index contributed by atoms with van der Waals surface area (Å²) in [4.78, 5) is 25.1. The van der Waals surface area contributed by atoms with E-state index in [-0.39, 0.29) is 23.7 Å². The minimum absolute atomic E-state index is 0.0256. The summed E-state index contributed by atoms with van der Waals surface area (Å²) in [6.45, 7) is 1.93. The first-order chi connectivity index (χ1) is 12.1. The summed E-state index contributed by atoms with van der Waals surface area (Å²) < 4.78 is 15.0. The van der Waals surface area contributed by atoms with Crippen molar-refractivity contribution < 1.29 is 9.18 Å². The first-order valence-corrected chi connectivity index (χ1v) is 8.60. The van der Waals surface area contributed by atoms with Crippen LogP contribution in [0.2, 0.25) is 0 Å². The fraction of sp³-hybridized carbons (Fsp3) is 0.167. The summed E-state index contributed by atoms with van der Waals surface area (Å²) in [6, 6.07) is 12.4. The highest BCUT2D eigenvalue weighted by molar-refractivity contribution is 7.13. The smallest absolute Gasteiger partial charge is 0.267 e. The van der Waals surface area contributed by atoms with Crippen LogP contribution >= 0.6 is 11.3 Å². The van der Waals surface area contributed by atoms with Crippen molar-refractivity contribution in [1.82, 2.24) is 15.1 Å². The Kier molecular flexibility index (Phi) is 5.04. The number of rotatable bonds is 5. The Labute approximate surface area is 147 Å². The second-order valence-electron chi connectivity index (χ2n) is 5.52. The summed E-state index contributed by atoms with van der Waals surface area (Å²) in [6.07, 6.45) is 0. The van der Waals surface area contributed by atoms with Gasteiger partial charge in [-0.15, -0.1) is 11.3 Å². The van der Waals surface area contributed by atoms with Crippen LogP contribution in [-0.2, 0) is 0 Å². The van der Waals surface area contributed by atoms with Gasteiger partial charge in [0.2, 0.25) is 0 Å². The zero-order valence-electron chi connectivity index (χ0n) is 13.5. The fourth-order valence-electron chi connectivity index (χ4n) is 2.36. The zero-order valence-corrected chi connectivity index (χ0v) is 14.3. The number of benzene rings is 1. The number of hydrogen-bond acceptors (Lipinski definition) is 4. The summed E-state index contributed by atoms with van der Waals surface area (Å²) in [5.74, 6) is -1.10. The van der Waals surface area contributed by atoms with Crippen molar-refractivity contribution in [3.05, 3.63) is 75.6 Å². The monoisotopic (exact) mass is 357 g/mol. The van der Waals surface area contributed by atoms with Crippen molar-refractivity contribution in [3.63, 3.8) is 0 Å². The highest BCUT2D eigenvalue weighted by Crippen LogP contribution is 2.21. The van der Waals surface area contributed by atoms with E-state index in [1.807, 2.05) is 17.5 Å². The van der Waals surface area contributed by atoms with Gasteiger partial charge in [0.05, 0.1) is 16.5 Å². The van der Waals surface area contributed by atoms with Crippen LogP contribution in [0, 0.1) is 5.82 Å². The van der Waals surface area contributed by atoms with E-state index in [9.17, 15) is 14.0 Å². The lowest BCUT2D eigenvalue weighted by molar-refractivity contribution is 0.0943. The number of hydrogen-bond donors (Lipinski definition) is 1. The molecule has 0 radical (unpaired) electrons. The molecule has 1 unspecified atom stereocenters. The predicted molar refractivity (Wildman–Crippen MR) is 95.3 cm³/mol. The Morgan fingerprint density at radius 1 is 1.24 bits per heavy atom. The van der Waals surface area contributed by atoms with E-state index in [0.717, 1.165) is 4.88 Å². The second-order valence-corrected chi connectivity index (χ2v) is 6.47. The van der Waals surface area contributed by atoms with Gasteiger partial charge in [0, 0.05) is 12.6 Å². The molecule has 0 bridgehead atoms. The van der Waals surface area contributed by atoms with Gasteiger partial charge in [-0.1, -0.05) is 18.2 Å². The maximum Gasteiger partial charge on any atom is 0.267 e. The van der Waals surface area contributed by atoms with Gasteiger partial charge < -0.3 is 5.32 Å². The average molecular weight is 357 g/mol. The van der Waals surface area contributed by atoms with Crippen LogP contribution in [0.15, 0.2) is 58.7 Å². The van der Waals surface area contributed by atoms with Crippen LogP contribution in [0.25, 0.3) is 10.6 Å². The molecular weight excluding hydrogens is 341 g/mol. The first-order valence-electron chi connectivity index (χ1n) is 7.72. The molecule has 0 aliphatic heterocycles. The summed E-state index contributed by atoms with van der Waals surface area (Å²) in [7, 11) is 0. The SMILES string of the molecule is CC(CNC(=O)c1ccccc1F)n1nc(-c2cccs2)ccc1=O. The average Bonchev–Trinajstić information content (AvgIpc) is 3.15. The molecule has 3 aromatic rings. The molecule has 128 valence electrons. The molecule has 0 aliphatic rings. The molecule has 1 aromatic carbocycles. The molecule has 0 spiro atoms. The van der Waals surface area contributed by atoms with Gasteiger partial charge in [-0.3, -0.25) is 9.59 Å². The van der Waals surface area contributed by atoms with E-state index in [2.05, 4.69) is 10.4 Å². The molecule has 1 atom stereocenters. The largest absolute Gasteiger partial charge is 0.350 e. The minimum Gasteiger partial charge on any atom is -0.350 e. The molecule has 0 fully saturated rings. The molecule has 0 aliphatic carbocycles. The number of carbonyl (C=O) groups is 1. The standard InChI is InChI=1S/C18H16FN3O2S/c1-12(11-20-18(24)13-5-2-3-6-14(13)19)22-17(23)9-8-15(21-22)16-7-4-10-25-16/h2-10,12H,11H2,1H3,(H,20,24). The van der Waals surface area contributed by atoms with Crippen molar-refractivity contribution in [3.8, 4) is 10.6 Å². The van der Waals surface area contributed by atoms with Crippen LogP contribution < -0.4 is 10.9 Å². The van der Waals surface area contributed by atoms with Crippen molar-refractivity contribution >= 4 is 17.2 Å². The highest BCUT2D eigenvalue weighted by atomic mass is 32.1. The zero-order chi connectivity index (χ0) is 17.8. The van der Waals surface area contributed by atoms with E-state index in [1.54, 1.807) is 19.1 Å². The number of carbonyl (C=O) groups excluding carboxylic acids is 1. The summed E-state index contributed by atoms with van der Waals surface area (Å²) in [5.41, 5.74) is 0.414. The maximum absolute atomic E-state index is 13.6. The van der Waals surface area contributed by atoms with Gasteiger partial charge in [0.1, 0.15) is 11.5 Å². The van der Waals surface area contributed by atoms with Gasteiger partial charge in [0.15, 0.2) is 0 Å². The van der Waals surface area contributed by atoms with Gasteiger partial charge in [-0.25, -0.2) is 9.07 Å². The number of nitrogens with one attached hydrogen (secondary N) is 1. The third kappa shape index (κ3) is 3.83. The van der Waals surface area contributed by atoms with E-state index < -0.39 is 11.7 Å². The van der Waals surface area contributed by atoms with E-state index in [0.29, 0.717) is 5.69 Å². The van der Waals surface area contributed by atoms with Crippen molar-refractivity contribution in [2.45, 2.75) is 13.0 Å². The lowest BCUT2D eigenvalue weighted by atomic mass is 10.2. The Bertz CT molecular complexity index is 937. The van der Waals surface area contributed by atoms with E-state index >= 15 is 0 Å². The number of halogens is 1. The predicted octanol–water partition coefficient (Wildman–Crippen LogP) is 3.10. The molecule has 25 heavy (non-hydrogen) atoms. The Balaban J connectivity index is 1.74.